The second-order valence-electron chi connectivity index (χ2n) is 4.45. The number of benzene rings is 1. The molecule has 1 aromatic rings. The van der Waals surface area contributed by atoms with Gasteiger partial charge in [0.25, 0.3) is 0 Å². The molecule has 3 N–H and O–H groups in total. The molecule has 1 rings (SSSR count). The lowest BCUT2D eigenvalue weighted by atomic mass is 9.79. The molecule has 2 unspecified atom stereocenters. The highest BCUT2D eigenvalue weighted by molar-refractivity contribution is 6.30. The number of aliphatic hydroxyl groups is 1. The van der Waals surface area contributed by atoms with E-state index in [2.05, 4.69) is 0 Å². The van der Waals surface area contributed by atoms with Crippen LogP contribution in [0.25, 0.3) is 0 Å². The van der Waals surface area contributed by atoms with E-state index >= 15 is 0 Å². The Morgan fingerprint density at radius 1 is 1.56 bits per heavy atom. The Bertz CT molecular complexity index is 370. The molecule has 0 heterocycles. The second kappa shape index (κ2) is 5.13. The summed E-state index contributed by atoms with van der Waals surface area (Å²) in [7, 11) is 0. The molecule has 2 atom stereocenters. The van der Waals surface area contributed by atoms with Crippen LogP contribution in [-0.2, 0) is 6.42 Å². The molecular weight excluding hydrogens is 229 g/mol. The molecule has 0 aliphatic heterocycles. The molecule has 16 heavy (non-hydrogen) atoms. The minimum Gasteiger partial charge on any atom is -0.393 e. The topological polar surface area (TPSA) is 46.2 Å². The van der Waals surface area contributed by atoms with Crippen LogP contribution in [0.15, 0.2) is 18.2 Å². The van der Waals surface area contributed by atoms with Crippen molar-refractivity contribution in [3.05, 3.63) is 34.6 Å². The number of halogens is 2. The SMILES string of the molecule is CC(O)C(C)(CN)Cc1cc(Cl)ccc1F. The van der Waals surface area contributed by atoms with E-state index in [1.165, 1.54) is 12.1 Å². The number of aliphatic hydroxyl groups excluding tert-OH is 1. The highest BCUT2D eigenvalue weighted by Gasteiger charge is 2.29. The molecule has 4 heteroatoms. The third-order valence-corrected chi connectivity index (χ3v) is 3.31. The first kappa shape index (κ1) is 13.4. The van der Waals surface area contributed by atoms with E-state index in [9.17, 15) is 9.50 Å². The van der Waals surface area contributed by atoms with Crippen LogP contribution in [0, 0.1) is 11.2 Å². The molecule has 0 spiro atoms. The van der Waals surface area contributed by atoms with Crippen molar-refractivity contribution in [2.75, 3.05) is 6.54 Å². The van der Waals surface area contributed by atoms with Crippen molar-refractivity contribution in [1.29, 1.82) is 0 Å². The summed E-state index contributed by atoms with van der Waals surface area (Å²) in [6.07, 6.45) is -0.232. The highest BCUT2D eigenvalue weighted by atomic mass is 35.5. The summed E-state index contributed by atoms with van der Waals surface area (Å²) in [6.45, 7) is 3.78. The Labute approximate surface area is 100 Å². The first-order valence-corrected chi connectivity index (χ1v) is 5.59. The molecule has 0 saturated carbocycles. The van der Waals surface area contributed by atoms with E-state index in [0.29, 0.717) is 17.0 Å². The quantitative estimate of drug-likeness (QED) is 0.856. The van der Waals surface area contributed by atoms with E-state index in [4.69, 9.17) is 17.3 Å². The molecule has 0 saturated heterocycles. The van der Waals surface area contributed by atoms with Gasteiger partial charge in [0.05, 0.1) is 6.10 Å². The predicted molar refractivity (Wildman–Crippen MR) is 64.0 cm³/mol. The fourth-order valence-electron chi connectivity index (χ4n) is 1.50. The van der Waals surface area contributed by atoms with Gasteiger partial charge in [-0.3, -0.25) is 0 Å². The fourth-order valence-corrected chi connectivity index (χ4v) is 1.70. The Kier molecular flexibility index (Phi) is 4.30. The van der Waals surface area contributed by atoms with Crippen LogP contribution in [0.1, 0.15) is 19.4 Å². The van der Waals surface area contributed by atoms with Gasteiger partial charge >= 0.3 is 0 Å². The molecule has 0 radical (unpaired) electrons. The highest BCUT2D eigenvalue weighted by Crippen LogP contribution is 2.28. The summed E-state index contributed by atoms with van der Waals surface area (Å²) in [5, 5.41) is 10.1. The van der Waals surface area contributed by atoms with Gasteiger partial charge in [-0.25, -0.2) is 4.39 Å². The summed E-state index contributed by atoms with van der Waals surface area (Å²) in [6, 6.07) is 4.41. The Hall–Kier alpha value is -0.640. The van der Waals surface area contributed by atoms with Gasteiger partial charge in [-0.1, -0.05) is 18.5 Å². The van der Waals surface area contributed by atoms with Gasteiger partial charge in [-0.05, 0) is 37.1 Å². The first-order valence-electron chi connectivity index (χ1n) is 5.21. The van der Waals surface area contributed by atoms with E-state index in [1.54, 1.807) is 13.0 Å². The van der Waals surface area contributed by atoms with Crippen LogP contribution >= 0.6 is 11.6 Å². The van der Waals surface area contributed by atoms with Crippen LogP contribution in [-0.4, -0.2) is 17.8 Å². The van der Waals surface area contributed by atoms with Gasteiger partial charge in [-0.2, -0.15) is 0 Å². The molecular formula is C12H17ClFNO. The zero-order valence-corrected chi connectivity index (χ0v) is 10.3. The molecule has 0 fully saturated rings. The molecule has 2 nitrogen and oxygen atoms in total. The van der Waals surface area contributed by atoms with Crippen LogP contribution in [0.3, 0.4) is 0 Å². The zero-order chi connectivity index (χ0) is 12.3. The summed E-state index contributed by atoms with van der Waals surface area (Å²) in [4.78, 5) is 0. The van der Waals surface area contributed by atoms with Crippen LogP contribution in [0.5, 0.6) is 0 Å². The summed E-state index contributed by atoms with van der Waals surface area (Å²) in [5.74, 6) is -0.315. The third-order valence-electron chi connectivity index (χ3n) is 3.08. The van der Waals surface area contributed by atoms with Crippen molar-refractivity contribution in [1.82, 2.24) is 0 Å². The largest absolute Gasteiger partial charge is 0.393 e. The molecule has 0 aliphatic carbocycles. The van der Waals surface area contributed by atoms with Gasteiger partial charge in [0, 0.05) is 17.0 Å². The van der Waals surface area contributed by atoms with Crippen molar-refractivity contribution in [3.63, 3.8) is 0 Å². The minimum absolute atomic E-state index is 0.288. The smallest absolute Gasteiger partial charge is 0.126 e. The molecule has 0 amide bonds. The fraction of sp³-hybridized carbons (Fsp3) is 0.500. The van der Waals surface area contributed by atoms with Crippen LogP contribution in [0.4, 0.5) is 4.39 Å². The monoisotopic (exact) mass is 245 g/mol. The average Bonchev–Trinajstić information content (AvgIpc) is 2.23. The van der Waals surface area contributed by atoms with Crippen molar-refractivity contribution in [3.8, 4) is 0 Å². The predicted octanol–water partition coefficient (Wildman–Crippen LogP) is 2.37. The normalized spacial score (nSPS) is 16.9. The maximum Gasteiger partial charge on any atom is 0.126 e. The maximum atomic E-state index is 13.5. The van der Waals surface area contributed by atoms with Gasteiger partial charge in [0.15, 0.2) is 0 Å². The molecule has 0 aromatic heterocycles. The van der Waals surface area contributed by atoms with E-state index in [0.717, 1.165) is 0 Å². The number of nitrogens with two attached hydrogens (primary N) is 1. The van der Waals surface area contributed by atoms with E-state index < -0.39 is 11.5 Å². The van der Waals surface area contributed by atoms with Gasteiger partial charge < -0.3 is 10.8 Å². The summed E-state index contributed by atoms with van der Waals surface area (Å²) >= 11 is 5.81. The van der Waals surface area contributed by atoms with Crippen molar-refractivity contribution in [2.45, 2.75) is 26.4 Å². The van der Waals surface area contributed by atoms with Crippen molar-refractivity contribution < 1.29 is 9.50 Å². The van der Waals surface area contributed by atoms with Gasteiger partial charge in [-0.15, -0.1) is 0 Å². The zero-order valence-electron chi connectivity index (χ0n) is 9.50. The Morgan fingerprint density at radius 3 is 2.69 bits per heavy atom. The molecule has 0 aliphatic rings. The average molecular weight is 246 g/mol. The lowest BCUT2D eigenvalue weighted by Gasteiger charge is -2.31. The Morgan fingerprint density at radius 2 is 2.19 bits per heavy atom. The molecule has 90 valence electrons. The number of rotatable bonds is 4. The Balaban J connectivity index is 2.98. The van der Waals surface area contributed by atoms with Gasteiger partial charge in [0.1, 0.15) is 5.82 Å². The van der Waals surface area contributed by atoms with E-state index in [-0.39, 0.29) is 12.4 Å². The lowest BCUT2D eigenvalue weighted by Crippen LogP contribution is -2.39. The summed E-state index contributed by atoms with van der Waals surface area (Å²) in [5.41, 5.74) is 5.58. The number of hydrogen-bond donors (Lipinski definition) is 2. The third kappa shape index (κ3) is 2.94. The summed E-state index contributed by atoms with van der Waals surface area (Å²) < 4.78 is 13.5. The van der Waals surface area contributed by atoms with Crippen LogP contribution < -0.4 is 5.73 Å². The van der Waals surface area contributed by atoms with Gasteiger partial charge in [0.2, 0.25) is 0 Å². The van der Waals surface area contributed by atoms with Crippen molar-refractivity contribution >= 4 is 11.6 Å². The lowest BCUT2D eigenvalue weighted by molar-refractivity contribution is 0.0583. The minimum atomic E-state index is -0.601. The second-order valence-corrected chi connectivity index (χ2v) is 4.88. The molecule has 0 bridgehead atoms. The number of hydrogen-bond acceptors (Lipinski definition) is 2. The first-order chi connectivity index (χ1) is 7.39. The van der Waals surface area contributed by atoms with Crippen LogP contribution in [0.2, 0.25) is 5.02 Å². The standard InChI is InChI=1S/C12H17ClFNO/c1-8(16)12(2,7-15)6-9-5-10(13)3-4-11(9)14/h3-5,8,16H,6-7,15H2,1-2H3. The van der Waals surface area contributed by atoms with Crippen molar-refractivity contribution in [2.24, 2.45) is 11.1 Å². The maximum absolute atomic E-state index is 13.5. The molecule has 1 aromatic carbocycles. The van der Waals surface area contributed by atoms with E-state index in [1.807, 2.05) is 6.92 Å².